The van der Waals surface area contributed by atoms with E-state index in [0.717, 1.165) is 16.9 Å². The van der Waals surface area contributed by atoms with E-state index in [-0.39, 0.29) is 0 Å². The number of nitrogens with zero attached hydrogens (tertiary/aromatic N) is 1. The number of hydrogen-bond acceptors (Lipinski definition) is 5. The van der Waals surface area contributed by atoms with Crippen molar-refractivity contribution >= 4 is 29.3 Å². The molecule has 0 radical (unpaired) electrons. The standard InChI is InChI=1S/C15H11NO3S/c1-18-12-4-2-11(3-5-12)14-16-13(15(17)19-14)8-10-6-7-20-9-10/h2-9H,1H3/b13-8-. The molecule has 0 spiro atoms. The van der Waals surface area contributed by atoms with E-state index in [2.05, 4.69) is 4.99 Å². The van der Waals surface area contributed by atoms with E-state index in [4.69, 9.17) is 9.47 Å². The lowest BCUT2D eigenvalue weighted by atomic mass is 10.2. The van der Waals surface area contributed by atoms with Gasteiger partial charge in [-0.25, -0.2) is 9.79 Å². The van der Waals surface area contributed by atoms with E-state index >= 15 is 0 Å². The molecule has 0 saturated carbocycles. The van der Waals surface area contributed by atoms with Gasteiger partial charge in [-0.3, -0.25) is 0 Å². The third kappa shape index (κ3) is 2.48. The zero-order chi connectivity index (χ0) is 13.9. The Labute approximate surface area is 120 Å². The van der Waals surface area contributed by atoms with Gasteiger partial charge >= 0.3 is 5.97 Å². The predicted molar refractivity (Wildman–Crippen MR) is 77.9 cm³/mol. The van der Waals surface area contributed by atoms with Gasteiger partial charge in [0.1, 0.15) is 5.75 Å². The maximum absolute atomic E-state index is 11.8. The molecule has 0 aliphatic carbocycles. The molecule has 1 aliphatic rings. The Morgan fingerprint density at radius 1 is 1.25 bits per heavy atom. The third-order valence-electron chi connectivity index (χ3n) is 2.80. The van der Waals surface area contributed by atoms with Crippen molar-refractivity contribution in [1.82, 2.24) is 0 Å². The van der Waals surface area contributed by atoms with Crippen LogP contribution in [0.15, 0.2) is 51.8 Å². The molecule has 0 amide bonds. The molecule has 0 saturated heterocycles. The van der Waals surface area contributed by atoms with Gasteiger partial charge in [0.25, 0.3) is 0 Å². The topological polar surface area (TPSA) is 47.9 Å². The van der Waals surface area contributed by atoms with Crippen molar-refractivity contribution in [3.63, 3.8) is 0 Å². The molecule has 2 aromatic rings. The average Bonchev–Trinajstić information content (AvgIpc) is 3.10. The number of thiophene rings is 1. The molecule has 1 aliphatic heterocycles. The van der Waals surface area contributed by atoms with Crippen LogP contribution in [-0.4, -0.2) is 19.0 Å². The molecule has 1 aromatic carbocycles. The molecule has 0 N–H and O–H groups in total. The Morgan fingerprint density at radius 3 is 2.70 bits per heavy atom. The first-order chi connectivity index (χ1) is 9.76. The van der Waals surface area contributed by atoms with Crippen molar-refractivity contribution in [2.75, 3.05) is 7.11 Å². The minimum absolute atomic E-state index is 0.314. The van der Waals surface area contributed by atoms with Gasteiger partial charge in [0.15, 0.2) is 5.70 Å². The SMILES string of the molecule is COc1ccc(C2=N/C(=C\c3ccsc3)C(=O)O2)cc1. The van der Waals surface area contributed by atoms with Crippen LogP contribution in [0.1, 0.15) is 11.1 Å². The quantitative estimate of drug-likeness (QED) is 0.643. The predicted octanol–water partition coefficient (Wildman–Crippen LogP) is 3.10. The lowest BCUT2D eigenvalue weighted by Crippen LogP contribution is -2.05. The Balaban J connectivity index is 1.89. The van der Waals surface area contributed by atoms with E-state index in [1.54, 1.807) is 48.8 Å². The minimum Gasteiger partial charge on any atom is -0.497 e. The molecule has 100 valence electrons. The molecular formula is C15H11NO3S. The minimum atomic E-state index is -0.429. The van der Waals surface area contributed by atoms with Gasteiger partial charge in [-0.05, 0) is 52.7 Å². The number of benzene rings is 1. The summed E-state index contributed by atoms with van der Waals surface area (Å²) < 4.78 is 10.3. The van der Waals surface area contributed by atoms with Crippen LogP contribution >= 0.6 is 11.3 Å². The fourth-order valence-electron chi connectivity index (χ4n) is 1.78. The Bertz CT molecular complexity index is 684. The highest BCUT2D eigenvalue weighted by atomic mass is 32.1. The number of rotatable bonds is 3. The molecule has 0 unspecified atom stereocenters. The smallest absolute Gasteiger partial charge is 0.363 e. The summed E-state index contributed by atoms with van der Waals surface area (Å²) >= 11 is 1.57. The summed E-state index contributed by atoms with van der Waals surface area (Å²) in [5.74, 6) is 0.633. The van der Waals surface area contributed by atoms with Gasteiger partial charge in [-0.1, -0.05) is 0 Å². The number of ether oxygens (including phenoxy) is 2. The second kappa shape index (κ2) is 5.30. The van der Waals surface area contributed by atoms with Crippen molar-refractivity contribution < 1.29 is 14.3 Å². The lowest BCUT2D eigenvalue weighted by molar-refractivity contribution is -0.129. The second-order valence-corrected chi connectivity index (χ2v) is 4.90. The summed E-state index contributed by atoms with van der Waals surface area (Å²) in [6, 6.07) is 9.13. The van der Waals surface area contributed by atoms with Crippen molar-refractivity contribution in [1.29, 1.82) is 0 Å². The van der Waals surface area contributed by atoms with Crippen LogP contribution in [0.2, 0.25) is 0 Å². The molecule has 20 heavy (non-hydrogen) atoms. The number of methoxy groups -OCH3 is 1. The van der Waals surface area contributed by atoms with Crippen molar-refractivity contribution in [3.8, 4) is 5.75 Å². The van der Waals surface area contributed by atoms with Crippen LogP contribution in [0.3, 0.4) is 0 Å². The summed E-state index contributed by atoms with van der Waals surface area (Å²) in [6.45, 7) is 0. The van der Waals surface area contributed by atoms with E-state index < -0.39 is 5.97 Å². The highest BCUT2D eigenvalue weighted by molar-refractivity contribution is 7.08. The van der Waals surface area contributed by atoms with Crippen molar-refractivity contribution in [2.45, 2.75) is 0 Å². The number of carbonyl (C=O) groups excluding carboxylic acids is 1. The first-order valence-electron chi connectivity index (χ1n) is 5.95. The second-order valence-electron chi connectivity index (χ2n) is 4.12. The van der Waals surface area contributed by atoms with Gasteiger partial charge in [-0.2, -0.15) is 11.3 Å². The zero-order valence-corrected chi connectivity index (χ0v) is 11.5. The van der Waals surface area contributed by atoms with Crippen LogP contribution in [0.4, 0.5) is 0 Å². The summed E-state index contributed by atoms with van der Waals surface area (Å²) in [4.78, 5) is 16.0. The van der Waals surface area contributed by atoms with Gasteiger partial charge in [0.2, 0.25) is 5.90 Å². The van der Waals surface area contributed by atoms with Gasteiger partial charge < -0.3 is 9.47 Å². The molecule has 3 rings (SSSR count). The highest BCUT2D eigenvalue weighted by Crippen LogP contribution is 2.21. The van der Waals surface area contributed by atoms with Crippen LogP contribution < -0.4 is 4.74 Å². The average molecular weight is 285 g/mol. The van der Waals surface area contributed by atoms with Crippen LogP contribution in [0.25, 0.3) is 6.08 Å². The lowest BCUT2D eigenvalue weighted by Gasteiger charge is -2.01. The number of esters is 1. The molecule has 5 heteroatoms. The fourth-order valence-corrected chi connectivity index (χ4v) is 2.40. The van der Waals surface area contributed by atoms with Gasteiger partial charge in [-0.15, -0.1) is 0 Å². The molecule has 0 bridgehead atoms. The third-order valence-corrected chi connectivity index (χ3v) is 3.51. The number of carbonyl (C=O) groups is 1. The first-order valence-corrected chi connectivity index (χ1v) is 6.90. The van der Waals surface area contributed by atoms with Crippen LogP contribution in [0.5, 0.6) is 5.75 Å². The molecule has 0 fully saturated rings. The largest absolute Gasteiger partial charge is 0.497 e. The maximum atomic E-state index is 11.8. The number of cyclic esters (lactones) is 1. The van der Waals surface area contributed by atoms with E-state index in [1.165, 1.54) is 0 Å². The Kier molecular flexibility index (Phi) is 3.35. The summed E-state index contributed by atoms with van der Waals surface area (Å²) in [7, 11) is 1.60. The Morgan fingerprint density at radius 2 is 2.05 bits per heavy atom. The van der Waals surface area contributed by atoms with E-state index in [1.807, 2.05) is 16.8 Å². The summed E-state index contributed by atoms with van der Waals surface area (Å²) in [6.07, 6.45) is 1.72. The molecule has 1 aromatic heterocycles. The molecule has 0 atom stereocenters. The normalized spacial score (nSPS) is 16.1. The van der Waals surface area contributed by atoms with E-state index in [9.17, 15) is 4.79 Å². The fraction of sp³-hybridized carbons (Fsp3) is 0.0667. The van der Waals surface area contributed by atoms with Gasteiger partial charge in [0.05, 0.1) is 7.11 Å². The molecular weight excluding hydrogens is 274 g/mol. The van der Waals surface area contributed by atoms with Crippen LogP contribution in [0, 0.1) is 0 Å². The number of aliphatic imine (C=N–C) groups is 1. The van der Waals surface area contributed by atoms with Gasteiger partial charge in [0, 0.05) is 5.56 Å². The zero-order valence-electron chi connectivity index (χ0n) is 10.7. The monoisotopic (exact) mass is 285 g/mol. The molecule has 4 nitrogen and oxygen atoms in total. The van der Waals surface area contributed by atoms with Crippen molar-refractivity contribution in [3.05, 3.63) is 57.9 Å². The maximum Gasteiger partial charge on any atom is 0.363 e. The summed E-state index contributed by atoms with van der Waals surface area (Å²) in [5, 5.41) is 3.89. The van der Waals surface area contributed by atoms with Crippen molar-refractivity contribution in [2.24, 2.45) is 4.99 Å². The highest BCUT2D eigenvalue weighted by Gasteiger charge is 2.24. The Hall–Kier alpha value is -2.40. The number of hydrogen-bond donors (Lipinski definition) is 0. The van der Waals surface area contributed by atoms with Crippen LogP contribution in [-0.2, 0) is 9.53 Å². The summed E-state index contributed by atoms with van der Waals surface area (Å²) in [5.41, 5.74) is 2.00. The van der Waals surface area contributed by atoms with E-state index in [0.29, 0.717) is 11.6 Å². The molecule has 2 heterocycles. The first kappa shape index (κ1) is 12.6.